The lowest BCUT2D eigenvalue weighted by Gasteiger charge is -2.08. The van der Waals surface area contributed by atoms with Crippen LogP contribution in [-0.2, 0) is 0 Å². The molecule has 0 spiro atoms. The van der Waals surface area contributed by atoms with Gasteiger partial charge in [-0.05, 0) is 24.3 Å². The van der Waals surface area contributed by atoms with Crippen LogP contribution in [0.2, 0.25) is 0 Å². The molecule has 0 aliphatic rings. The summed E-state index contributed by atoms with van der Waals surface area (Å²) >= 11 is 0. The number of hydrogen-bond acceptors (Lipinski definition) is 2. The van der Waals surface area contributed by atoms with Crippen LogP contribution in [0.1, 0.15) is 0 Å². The summed E-state index contributed by atoms with van der Waals surface area (Å²) in [6, 6.07) is 12.8. The van der Waals surface area contributed by atoms with Gasteiger partial charge in [-0.15, -0.1) is 0 Å². The van der Waals surface area contributed by atoms with E-state index >= 15 is 0 Å². The molecule has 0 saturated heterocycles. The van der Waals surface area contributed by atoms with Gasteiger partial charge in [0, 0.05) is 17.4 Å². The zero-order chi connectivity index (χ0) is 13.7. The number of carbonyl (C=O) groups excluding carboxylic acids is 1. The van der Waals surface area contributed by atoms with Crippen molar-refractivity contribution in [2.75, 3.05) is 17.7 Å². The van der Waals surface area contributed by atoms with Crippen molar-refractivity contribution in [2.24, 2.45) is 0 Å². The predicted octanol–water partition coefficient (Wildman–Crippen LogP) is 3.48. The lowest BCUT2D eigenvalue weighted by molar-refractivity contribution is 0.262. The summed E-state index contributed by atoms with van der Waals surface area (Å²) in [6.45, 7) is 0. The maximum atomic E-state index is 13.4. The Bertz CT molecular complexity index is 573. The minimum absolute atomic E-state index is 0.133. The third-order valence-corrected chi connectivity index (χ3v) is 2.44. The van der Waals surface area contributed by atoms with Crippen molar-refractivity contribution in [1.29, 1.82) is 0 Å². The second kappa shape index (κ2) is 5.86. The summed E-state index contributed by atoms with van der Waals surface area (Å²) in [4.78, 5) is 11.7. The van der Waals surface area contributed by atoms with E-state index in [9.17, 15) is 9.18 Å². The third kappa shape index (κ3) is 3.45. The van der Waals surface area contributed by atoms with Gasteiger partial charge in [0.05, 0.1) is 7.11 Å². The monoisotopic (exact) mass is 260 g/mol. The Labute approximate surface area is 110 Å². The average Bonchev–Trinajstić information content (AvgIpc) is 2.40. The normalized spacial score (nSPS) is 9.79. The van der Waals surface area contributed by atoms with Gasteiger partial charge in [-0.1, -0.05) is 18.2 Å². The molecule has 2 aromatic carbocycles. The second-order valence-electron chi connectivity index (χ2n) is 3.79. The van der Waals surface area contributed by atoms with Gasteiger partial charge in [-0.25, -0.2) is 9.18 Å². The molecule has 98 valence electrons. The molecule has 2 rings (SSSR count). The van der Waals surface area contributed by atoms with E-state index in [1.165, 1.54) is 19.2 Å². The number of carbonyl (C=O) groups is 1. The summed E-state index contributed by atoms with van der Waals surface area (Å²) in [6.07, 6.45) is 0. The quantitative estimate of drug-likeness (QED) is 0.887. The van der Waals surface area contributed by atoms with Crippen molar-refractivity contribution >= 4 is 17.4 Å². The maximum Gasteiger partial charge on any atom is 0.323 e. The first kappa shape index (κ1) is 12.9. The molecule has 0 saturated carbocycles. The molecule has 0 fully saturated rings. The highest BCUT2D eigenvalue weighted by atomic mass is 19.1. The van der Waals surface area contributed by atoms with Gasteiger partial charge in [0.1, 0.15) is 0 Å². The van der Waals surface area contributed by atoms with Crippen molar-refractivity contribution in [3.63, 3.8) is 0 Å². The summed E-state index contributed by atoms with van der Waals surface area (Å²) in [7, 11) is 1.38. The Morgan fingerprint density at radius 3 is 2.37 bits per heavy atom. The van der Waals surface area contributed by atoms with Gasteiger partial charge in [0.25, 0.3) is 0 Å². The van der Waals surface area contributed by atoms with Crippen molar-refractivity contribution in [3.8, 4) is 5.75 Å². The fraction of sp³-hybridized carbons (Fsp3) is 0.0714. The fourth-order valence-corrected chi connectivity index (χ4v) is 1.56. The number of nitrogens with one attached hydrogen (secondary N) is 2. The van der Waals surface area contributed by atoms with E-state index in [2.05, 4.69) is 10.6 Å². The van der Waals surface area contributed by atoms with E-state index in [4.69, 9.17) is 4.74 Å². The van der Waals surface area contributed by atoms with Crippen molar-refractivity contribution < 1.29 is 13.9 Å². The van der Waals surface area contributed by atoms with Crippen LogP contribution in [0.25, 0.3) is 0 Å². The highest BCUT2D eigenvalue weighted by Gasteiger charge is 2.06. The molecule has 0 aliphatic carbocycles. The molecule has 0 heterocycles. The minimum Gasteiger partial charge on any atom is -0.494 e. The number of benzene rings is 2. The highest BCUT2D eigenvalue weighted by Crippen LogP contribution is 2.20. The second-order valence-corrected chi connectivity index (χ2v) is 3.79. The van der Waals surface area contributed by atoms with Gasteiger partial charge in [-0.2, -0.15) is 0 Å². The van der Waals surface area contributed by atoms with E-state index in [0.717, 1.165) is 0 Å². The predicted molar refractivity (Wildman–Crippen MR) is 72.0 cm³/mol. The van der Waals surface area contributed by atoms with Crippen molar-refractivity contribution in [3.05, 3.63) is 54.3 Å². The van der Waals surface area contributed by atoms with Gasteiger partial charge in [0.2, 0.25) is 0 Å². The molecular weight excluding hydrogens is 247 g/mol. The summed E-state index contributed by atoms with van der Waals surface area (Å²) in [5.74, 6) is -0.394. The van der Waals surface area contributed by atoms with Crippen LogP contribution >= 0.6 is 0 Å². The molecule has 0 aromatic heterocycles. The molecule has 0 aliphatic heterocycles. The SMILES string of the molecule is COc1ccc(NC(=O)Nc2ccccc2)cc1F. The number of halogens is 1. The Morgan fingerprint density at radius 2 is 1.74 bits per heavy atom. The summed E-state index contributed by atoms with van der Waals surface area (Å²) in [5.41, 5.74) is 1.01. The first-order valence-corrected chi connectivity index (χ1v) is 5.65. The van der Waals surface area contributed by atoms with Crippen LogP contribution in [-0.4, -0.2) is 13.1 Å². The molecule has 2 N–H and O–H groups in total. The van der Waals surface area contributed by atoms with E-state index in [0.29, 0.717) is 11.4 Å². The van der Waals surface area contributed by atoms with Crippen LogP contribution < -0.4 is 15.4 Å². The van der Waals surface area contributed by atoms with E-state index in [1.807, 2.05) is 18.2 Å². The fourth-order valence-electron chi connectivity index (χ4n) is 1.56. The number of hydrogen-bond donors (Lipinski definition) is 2. The largest absolute Gasteiger partial charge is 0.494 e. The molecular formula is C14H13FN2O2. The Hall–Kier alpha value is -2.56. The summed E-state index contributed by atoms with van der Waals surface area (Å²) < 4.78 is 18.2. The van der Waals surface area contributed by atoms with Gasteiger partial charge < -0.3 is 15.4 Å². The number of urea groups is 1. The van der Waals surface area contributed by atoms with E-state index in [1.54, 1.807) is 18.2 Å². The first-order chi connectivity index (χ1) is 9.19. The topological polar surface area (TPSA) is 50.4 Å². The van der Waals surface area contributed by atoms with Crippen molar-refractivity contribution in [2.45, 2.75) is 0 Å². The lowest BCUT2D eigenvalue weighted by atomic mass is 10.3. The zero-order valence-corrected chi connectivity index (χ0v) is 10.3. The van der Waals surface area contributed by atoms with Crippen LogP contribution in [0.5, 0.6) is 5.75 Å². The molecule has 19 heavy (non-hydrogen) atoms. The molecule has 4 nitrogen and oxygen atoms in total. The maximum absolute atomic E-state index is 13.4. The Kier molecular flexibility index (Phi) is 3.97. The Morgan fingerprint density at radius 1 is 1.05 bits per heavy atom. The molecule has 0 radical (unpaired) electrons. The molecule has 0 unspecified atom stereocenters. The van der Waals surface area contributed by atoms with Crippen LogP contribution in [0.15, 0.2) is 48.5 Å². The van der Waals surface area contributed by atoms with Crippen LogP contribution in [0.4, 0.5) is 20.6 Å². The minimum atomic E-state index is -0.528. The van der Waals surface area contributed by atoms with Crippen LogP contribution in [0.3, 0.4) is 0 Å². The average molecular weight is 260 g/mol. The highest BCUT2D eigenvalue weighted by molar-refractivity contribution is 5.99. The van der Waals surface area contributed by atoms with Gasteiger partial charge in [0.15, 0.2) is 11.6 Å². The van der Waals surface area contributed by atoms with E-state index in [-0.39, 0.29) is 5.75 Å². The molecule has 2 amide bonds. The Balaban J connectivity index is 2.01. The molecule has 0 atom stereocenters. The third-order valence-electron chi connectivity index (χ3n) is 2.44. The number of anilines is 2. The zero-order valence-electron chi connectivity index (χ0n) is 10.3. The number of ether oxygens (including phenoxy) is 1. The van der Waals surface area contributed by atoms with Gasteiger partial charge in [-0.3, -0.25) is 0 Å². The molecule has 5 heteroatoms. The molecule has 0 bridgehead atoms. The smallest absolute Gasteiger partial charge is 0.323 e. The standard InChI is InChI=1S/C14H13FN2O2/c1-19-13-8-7-11(9-12(13)15)17-14(18)16-10-5-3-2-4-6-10/h2-9H,1H3,(H2,16,17,18). The number of methoxy groups -OCH3 is 1. The number of amides is 2. The van der Waals surface area contributed by atoms with Gasteiger partial charge >= 0.3 is 6.03 Å². The van der Waals surface area contributed by atoms with Crippen LogP contribution in [0, 0.1) is 5.82 Å². The molecule has 2 aromatic rings. The number of para-hydroxylation sites is 1. The number of rotatable bonds is 3. The van der Waals surface area contributed by atoms with Crippen molar-refractivity contribution in [1.82, 2.24) is 0 Å². The summed E-state index contributed by atoms with van der Waals surface area (Å²) in [5, 5.41) is 5.17. The first-order valence-electron chi connectivity index (χ1n) is 5.65. The lowest BCUT2D eigenvalue weighted by Crippen LogP contribution is -2.19. The van der Waals surface area contributed by atoms with E-state index < -0.39 is 11.8 Å².